The van der Waals surface area contributed by atoms with Gasteiger partial charge in [0.15, 0.2) is 0 Å². The first-order valence-electron chi connectivity index (χ1n) is 8.42. The van der Waals surface area contributed by atoms with Gasteiger partial charge in [-0.15, -0.1) is 0 Å². The van der Waals surface area contributed by atoms with E-state index in [9.17, 15) is 14.4 Å². The number of carbonyl (C=O) groups excluding carboxylic acids is 3. The van der Waals surface area contributed by atoms with Gasteiger partial charge in [0, 0.05) is 25.7 Å². The maximum absolute atomic E-state index is 12.4. The summed E-state index contributed by atoms with van der Waals surface area (Å²) in [6.07, 6.45) is 4.14. The molecular weight excluding hydrogens is 290 g/mol. The molecule has 124 valence electrons. The third-order valence-electron chi connectivity index (χ3n) is 5.02. The fourth-order valence-corrected chi connectivity index (χ4v) is 3.30. The lowest BCUT2D eigenvalue weighted by molar-refractivity contribution is -0.780. The molecule has 0 saturated carbocycles. The smallest absolute Gasteiger partial charge is 0.300 e. The van der Waals surface area contributed by atoms with Gasteiger partial charge in [-0.3, -0.25) is 4.79 Å². The van der Waals surface area contributed by atoms with Crippen LogP contribution in [0.25, 0.3) is 0 Å². The van der Waals surface area contributed by atoms with Crippen molar-refractivity contribution in [3.05, 3.63) is 35.4 Å². The molecule has 2 amide bonds. The van der Waals surface area contributed by atoms with Crippen molar-refractivity contribution in [2.45, 2.75) is 58.4 Å². The van der Waals surface area contributed by atoms with Crippen molar-refractivity contribution in [1.82, 2.24) is 0 Å². The van der Waals surface area contributed by atoms with Gasteiger partial charge in [0.2, 0.25) is 0 Å². The molecular formula is C19H26NO3+. The second-order valence-corrected chi connectivity index (χ2v) is 6.67. The Kier molecular flexibility index (Phi) is 5.83. The number of carbonyl (C=O) groups is 3. The van der Waals surface area contributed by atoms with Gasteiger partial charge in [-0.05, 0) is 25.8 Å². The number of rotatable bonds is 7. The molecule has 0 aromatic heterocycles. The van der Waals surface area contributed by atoms with Crippen LogP contribution in [-0.2, 0) is 20.8 Å². The van der Waals surface area contributed by atoms with Crippen LogP contribution in [0.2, 0.25) is 0 Å². The number of likely N-dealkylation sites (tertiary alicyclic amines) is 1. The number of nitrogens with zero attached hydrogens (tertiary/aromatic N) is 1. The Hall–Kier alpha value is -1.81. The number of hydrogen-bond donors (Lipinski definition) is 0. The molecule has 0 N–H and O–H groups in total. The molecule has 2 atom stereocenters. The molecule has 1 aliphatic rings. The summed E-state index contributed by atoms with van der Waals surface area (Å²) in [6.45, 7) is 4.56. The fourth-order valence-electron chi connectivity index (χ4n) is 3.30. The van der Waals surface area contributed by atoms with Crippen molar-refractivity contribution in [1.29, 1.82) is 0 Å². The average molecular weight is 316 g/mol. The van der Waals surface area contributed by atoms with Gasteiger partial charge in [0.05, 0.1) is 13.0 Å². The first-order chi connectivity index (χ1) is 11.0. The summed E-state index contributed by atoms with van der Waals surface area (Å²) in [5, 5.41) is 0. The first-order valence-corrected chi connectivity index (χ1v) is 8.42. The van der Waals surface area contributed by atoms with Crippen LogP contribution < -0.4 is 0 Å². The summed E-state index contributed by atoms with van der Waals surface area (Å²) >= 11 is 0. The Labute approximate surface area is 138 Å². The minimum absolute atomic E-state index is 0.0441. The lowest BCUT2D eigenvalue weighted by Crippen LogP contribution is -2.53. The average Bonchev–Trinajstić information content (AvgIpc) is 2.94. The summed E-state index contributed by atoms with van der Waals surface area (Å²) in [7, 11) is 0. The van der Waals surface area contributed by atoms with E-state index in [1.165, 1.54) is 5.56 Å². The SMILES string of the molecule is Cc1ccc(CCC(=O)CCC(=O)[N+]2(C=O)CCC[C@H]2C)cc1. The molecule has 0 spiro atoms. The number of benzene rings is 1. The van der Waals surface area contributed by atoms with Gasteiger partial charge in [-0.2, -0.15) is 4.48 Å². The molecule has 0 radical (unpaired) electrons. The molecule has 4 nitrogen and oxygen atoms in total. The molecule has 1 saturated heterocycles. The Balaban J connectivity index is 1.80. The van der Waals surface area contributed by atoms with Crippen LogP contribution in [0.5, 0.6) is 0 Å². The van der Waals surface area contributed by atoms with Crippen molar-refractivity contribution in [3.8, 4) is 0 Å². The summed E-state index contributed by atoms with van der Waals surface area (Å²) < 4.78 is -0.0920. The molecule has 0 aliphatic carbocycles. The van der Waals surface area contributed by atoms with Crippen LogP contribution in [0, 0.1) is 6.92 Å². The van der Waals surface area contributed by atoms with Crippen molar-refractivity contribution in [2.24, 2.45) is 0 Å². The highest BCUT2D eigenvalue weighted by Gasteiger charge is 2.45. The molecule has 4 heteroatoms. The molecule has 1 aliphatic heterocycles. The zero-order valence-corrected chi connectivity index (χ0v) is 14.1. The van der Waals surface area contributed by atoms with E-state index in [-0.39, 0.29) is 35.1 Å². The zero-order chi connectivity index (χ0) is 16.9. The summed E-state index contributed by atoms with van der Waals surface area (Å²) in [5.41, 5.74) is 2.34. The van der Waals surface area contributed by atoms with Gasteiger partial charge in [-0.1, -0.05) is 29.8 Å². The van der Waals surface area contributed by atoms with Gasteiger partial charge in [0.25, 0.3) is 0 Å². The maximum Gasteiger partial charge on any atom is 0.321 e. The van der Waals surface area contributed by atoms with Crippen LogP contribution in [0.15, 0.2) is 24.3 Å². The summed E-state index contributed by atoms with van der Waals surface area (Å²) in [5.74, 6) is -0.0106. The highest BCUT2D eigenvalue weighted by molar-refractivity contribution is 5.84. The molecule has 1 aromatic carbocycles. The molecule has 2 rings (SSSR count). The Morgan fingerprint density at radius 3 is 2.43 bits per heavy atom. The molecule has 0 bridgehead atoms. The topological polar surface area (TPSA) is 51.2 Å². The molecule has 1 heterocycles. The van der Waals surface area contributed by atoms with Crippen LogP contribution in [0.1, 0.15) is 50.2 Å². The quantitative estimate of drug-likeness (QED) is 0.574. The lowest BCUT2D eigenvalue weighted by Gasteiger charge is -2.28. The number of Topliss-reactive ketones (excluding diaryl/α,β-unsaturated/α-hetero) is 1. The number of aryl methyl sites for hydroxylation is 2. The van der Waals surface area contributed by atoms with E-state index in [0.717, 1.165) is 24.8 Å². The normalized spacial score (nSPS) is 23.7. The van der Waals surface area contributed by atoms with Crippen molar-refractivity contribution >= 4 is 18.1 Å². The third-order valence-corrected chi connectivity index (χ3v) is 5.02. The maximum atomic E-state index is 12.4. The number of quaternary nitrogens is 1. The van der Waals surface area contributed by atoms with Crippen molar-refractivity contribution < 1.29 is 18.9 Å². The highest BCUT2D eigenvalue weighted by atomic mass is 16.2. The minimum Gasteiger partial charge on any atom is -0.300 e. The number of ketones is 1. The Morgan fingerprint density at radius 1 is 1.17 bits per heavy atom. The highest BCUT2D eigenvalue weighted by Crippen LogP contribution is 2.26. The minimum atomic E-state index is -0.103. The number of imide groups is 1. The second kappa shape index (κ2) is 7.64. The van der Waals surface area contributed by atoms with E-state index >= 15 is 0 Å². The van der Waals surface area contributed by atoms with Crippen LogP contribution in [-0.4, -0.2) is 35.2 Å². The van der Waals surface area contributed by atoms with E-state index < -0.39 is 0 Å². The Bertz CT molecular complexity index is 579. The van der Waals surface area contributed by atoms with Crippen LogP contribution >= 0.6 is 0 Å². The second-order valence-electron chi connectivity index (χ2n) is 6.67. The van der Waals surface area contributed by atoms with Gasteiger partial charge in [-0.25, -0.2) is 9.59 Å². The summed E-state index contributed by atoms with van der Waals surface area (Å²) in [6, 6.07) is 8.19. The largest absolute Gasteiger partial charge is 0.321 e. The summed E-state index contributed by atoms with van der Waals surface area (Å²) in [4.78, 5) is 35.9. The standard InChI is InChI=1S/C19H26NO3/c1-15-5-7-17(8-6-15)9-10-18(22)11-12-19(23)20(14-21)13-3-4-16(20)2/h5-8,14,16H,3-4,9-13H2,1-2H3/q+1/t16-,20?/m1/s1. The number of amides is 2. The van der Waals surface area contributed by atoms with E-state index in [1.54, 1.807) is 0 Å². The van der Waals surface area contributed by atoms with Gasteiger partial charge < -0.3 is 0 Å². The van der Waals surface area contributed by atoms with E-state index in [0.29, 0.717) is 19.4 Å². The van der Waals surface area contributed by atoms with E-state index in [4.69, 9.17) is 0 Å². The van der Waals surface area contributed by atoms with Crippen molar-refractivity contribution in [2.75, 3.05) is 6.54 Å². The van der Waals surface area contributed by atoms with Gasteiger partial charge >= 0.3 is 12.3 Å². The monoisotopic (exact) mass is 316 g/mol. The number of hydrogen-bond acceptors (Lipinski definition) is 3. The lowest BCUT2D eigenvalue weighted by atomic mass is 10.0. The fraction of sp³-hybridized carbons (Fsp3) is 0.526. The molecule has 1 unspecified atom stereocenters. The molecule has 1 fully saturated rings. The Morgan fingerprint density at radius 2 is 1.87 bits per heavy atom. The van der Waals surface area contributed by atoms with Crippen LogP contribution in [0.3, 0.4) is 0 Å². The molecule has 23 heavy (non-hydrogen) atoms. The zero-order valence-electron chi connectivity index (χ0n) is 14.1. The molecule has 1 aromatic rings. The van der Waals surface area contributed by atoms with Crippen LogP contribution in [0.4, 0.5) is 0 Å². The van der Waals surface area contributed by atoms with Gasteiger partial charge in [0.1, 0.15) is 11.8 Å². The predicted molar refractivity (Wildman–Crippen MR) is 88.6 cm³/mol. The van der Waals surface area contributed by atoms with E-state index in [1.807, 2.05) is 38.1 Å². The third kappa shape index (κ3) is 4.14. The van der Waals surface area contributed by atoms with Crippen molar-refractivity contribution in [3.63, 3.8) is 0 Å². The van der Waals surface area contributed by atoms with E-state index in [2.05, 4.69) is 0 Å². The predicted octanol–water partition coefficient (Wildman–Crippen LogP) is 2.96. The first kappa shape index (κ1) is 17.5.